The van der Waals surface area contributed by atoms with Crippen LogP contribution >= 0.6 is 11.6 Å². The number of alkyl halides is 3. The second-order valence-electron chi connectivity index (χ2n) is 4.05. The SMILES string of the molecule is N#Cc1cc(F)c(-n2c(C(F)(F)Cl)cc(=O)[nH]c2=O)cc1F. The molecule has 0 aliphatic rings. The fourth-order valence-electron chi connectivity index (χ4n) is 1.74. The molecule has 22 heavy (non-hydrogen) atoms. The molecule has 1 N–H and O–H groups in total. The first kappa shape index (κ1) is 15.8. The van der Waals surface area contributed by atoms with Gasteiger partial charge in [-0.3, -0.25) is 14.3 Å². The maximum atomic E-state index is 13.9. The van der Waals surface area contributed by atoms with Crippen molar-refractivity contribution in [2.45, 2.75) is 5.38 Å². The van der Waals surface area contributed by atoms with E-state index in [4.69, 9.17) is 16.9 Å². The van der Waals surface area contributed by atoms with E-state index in [-0.39, 0.29) is 10.6 Å². The van der Waals surface area contributed by atoms with Crippen molar-refractivity contribution in [3.63, 3.8) is 0 Å². The Labute approximate surface area is 124 Å². The minimum atomic E-state index is -4.19. The van der Waals surface area contributed by atoms with E-state index in [9.17, 15) is 27.2 Å². The molecule has 0 amide bonds. The molecule has 1 heterocycles. The van der Waals surface area contributed by atoms with Crippen LogP contribution in [0.15, 0.2) is 27.8 Å². The maximum absolute atomic E-state index is 13.9. The maximum Gasteiger partial charge on any atom is 0.363 e. The molecule has 2 aromatic rings. The van der Waals surface area contributed by atoms with E-state index in [1.54, 1.807) is 4.98 Å². The summed E-state index contributed by atoms with van der Waals surface area (Å²) in [6.07, 6.45) is 0. The highest BCUT2D eigenvalue weighted by Crippen LogP contribution is 2.32. The van der Waals surface area contributed by atoms with Crippen molar-refractivity contribution in [3.05, 3.63) is 61.9 Å². The van der Waals surface area contributed by atoms with E-state index in [1.807, 2.05) is 0 Å². The lowest BCUT2D eigenvalue weighted by Gasteiger charge is -2.16. The van der Waals surface area contributed by atoms with Crippen LogP contribution in [-0.2, 0) is 5.38 Å². The van der Waals surface area contributed by atoms with E-state index >= 15 is 0 Å². The number of nitrogens with zero attached hydrogens (tertiary/aromatic N) is 2. The Morgan fingerprint density at radius 2 is 1.82 bits per heavy atom. The lowest BCUT2D eigenvalue weighted by atomic mass is 10.2. The lowest BCUT2D eigenvalue weighted by Crippen LogP contribution is -2.34. The number of nitriles is 1. The van der Waals surface area contributed by atoms with Gasteiger partial charge in [-0.25, -0.2) is 13.6 Å². The van der Waals surface area contributed by atoms with Gasteiger partial charge in [0.2, 0.25) is 0 Å². The van der Waals surface area contributed by atoms with Gasteiger partial charge in [-0.2, -0.15) is 14.0 Å². The number of aromatic nitrogens is 2. The van der Waals surface area contributed by atoms with Crippen molar-refractivity contribution in [1.82, 2.24) is 9.55 Å². The highest BCUT2D eigenvalue weighted by Gasteiger charge is 2.34. The highest BCUT2D eigenvalue weighted by atomic mass is 35.5. The lowest BCUT2D eigenvalue weighted by molar-refractivity contribution is 0.0863. The Balaban J connectivity index is 2.91. The predicted molar refractivity (Wildman–Crippen MR) is 67.0 cm³/mol. The van der Waals surface area contributed by atoms with Crippen LogP contribution in [-0.4, -0.2) is 9.55 Å². The normalized spacial score (nSPS) is 11.3. The smallest absolute Gasteiger partial charge is 0.274 e. The molecule has 1 aromatic heterocycles. The van der Waals surface area contributed by atoms with Crippen LogP contribution in [0, 0.1) is 23.0 Å². The fraction of sp³-hybridized carbons (Fsp3) is 0.0833. The van der Waals surface area contributed by atoms with Gasteiger partial charge in [0.05, 0.1) is 11.3 Å². The fourth-order valence-corrected chi connectivity index (χ4v) is 1.88. The van der Waals surface area contributed by atoms with Crippen molar-refractivity contribution in [3.8, 4) is 11.8 Å². The summed E-state index contributed by atoms with van der Waals surface area (Å²) in [5, 5.41) is 4.38. The molecule has 0 aliphatic carbocycles. The molecule has 114 valence electrons. The molecule has 0 aliphatic heterocycles. The van der Waals surface area contributed by atoms with Gasteiger partial charge in [-0.1, -0.05) is 0 Å². The minimum absolute atomic E-state index is 0.0218. The van der Waals surface area contributed by atoms with Crippen molar-refractivity contribution in [1.29, 1.82) is 5.26 Å². The van der Waals surface area contributed by atoms with Gasteiger partial charge in [-0.05, 0) is 17.7 Å². The Hall–Kier alpha value is -2.60. The molecule has 0 radical (unpaired) electrons. The molecule has 5 nitrogen and oxygen atoms in total. The van der Waals surface area contributed by atoms with Crippen molar-refractivity contribution >= 4 is 11.6 Å². The zero-order chi connectivity index (χ0) is 16.7. The molecule has 0 spiro atoms. The average molecular weight is 334 g/mol. The number of hydrogen-bond donors (Lipinski definition) is 1. The highest BCUT2D eigenvalue weighted by molar-refractivity contribution is 6.21. The number of halogens is 5. The molecule has 0 unspecified atom stereocenters. The Kier molecular flexibility index (Phi) is 3.81. The summed E-state index contributed by atoms with van der Waals surface area (Å²) in [6, 6.07) is 2.43. The third-order valence-electron chi connectivity index (χ3n) is 2.63. The van der Waals surface area contributed by atoms with Gasteiger partial charge in [0.1, 0.15) is 23.4 Å². The van der Waals surface area contributed by atoms with Gasteiger partial charge in [0.15, 0.2) is 0 Å². The Bertz CT molecular complexity index is 909. The number of rotatable bonds is 2. The van der Waals surface area contributed by atoms with Crippen molar-refractivity contribution < 1.29 is 17.6 Å². The van der Waals surface area contributed by atoms with Crippen molar-refractivity contribution in [2.75, 3.05) is 0 Å². The van der Waals surface area contributed by atoms with Crippen LogP contribution in [0.3, 0.4) is 0 Å². The predicted octanol–water partition coefficient (Wildman–Crippen LogP) is 1.96. The molecule has 0 saturated carbocycles. The summed E-state index contributed by atoms with van der Waals surface area (Å²) in [4.78, 5) is 24.4. The molecular formula is C12H4ClF4N3O2. The standard InChI is InChI=1S/C12H4ClF4N3O2/c13-12(16,17)9-3-10(21)19-11(22)20(9)8-2-6(14)5(4-18)1-7(8)15/h1-3H,(H,19,21,22). The first-order chi connectivity index (χ1) is 10.1. The molecular weight excluding hydrogens is 330 g/mol. The molecule has 1 aromatic carbocycles. The third-order valence-corrected chi connectivity index (χ3v) is 2.82. The topological polar surface area (TPSA) is 78.7 Å². The first-order valence-electron chi connectivity index (χ1n) is 5.48. The van der Waals surface area contributed by atoms with E-state index in [2.05, 4.69) is 0 Å². The molecule has 10 heteroatoms. The molecule has 0 fully saturated rings. The summed E-state index contributed by atoms with van der Waals surface area (Å²) in [5.41, 5.74) is -5.58. The third kappa shape index (κ3) is 2.73. The van der Waals surface area contributed by atoms with E-state index in [0.717, 1.165) is 0 Å². The monoisotopic (exact) mass is 333 g/mol. The summed E-state index contributed by atoms with van der Waals surface area (Å²) in [7, 11) is 0. The minimum Gasteiger partial charge on any atom is -0.274 e. The average Bonchev–Trinajstić information content (AvgIpc) is 2.39. The summed E-state index contributed by atoms with van der Waals surface area (Å²) in [5.74, 6) is -2.56. The van der Waals surface area contributed by atoms with E-state index in [1.165, 1.54) is 6.07 Å². The van der Waals surface area contributed by atoms with Crippen molar-refractivity contribution in [2.24, 2.45) is 0 Å². The van der Waals surface area contributed by atoms with Crippen LogP contribution in [0.25, 0.3) is 5.69 Å². The van der Waals surface area contributed by atoms with Gasteiger partial charge in [0.25, 0.3) is 5.56 Å². The second-order valence-corrected chi connectivity index (χ2v) is 4.53. The number of H-pyrrole nitrogens is 1. The molecule has 0 atom stereocenters. The molecule has 0 bridgehead atoms. The molecule has 2 rings (SSSR count). The van der Waals surface area contributed by atoms with Crippen LogP contribution in [0.1, 0.15) is 11.3 Å². The summed E-state index contributed by atoms with van der Waals surface area (Å²) in [6.45, 7) is 0. The van der Waals surface area contributed by atoms with Crippen LogP contribution in [0.5, 0.6) is 0 Å². The number of hydrogen-bond acceptors (Lipinski definition) is 3. The zero-order valence-electron chi connectivity index (χ0n) is 10.3. The Morgan fingerprint density at radius 1 is 1.18 bits per heavy atom. The Morgan fingerprint density at radius 3 is 2.36 bits per heavy atom. The largest absolute Gasteiger partial charge is 0.363 e. The van der Waals surface area contributed by atoms with Gasteiger partial charge < -0.3 is 0 Å². The zero-order valence-corrected chi connectivity index (χ0v) is 11.1. The number of aromatic amines is 1. The first-order valence-corrected chi connectivity index (χ1v) is 5.86. The second kappa shape index (κ2) is 5.31. The molecule has 0 saturated heterocycles. The van der Waals surface area contributed by atoms with Crippen LogP contribution < -0.4 is 11.2 Å². The van der Waals surface area contributed by atoms with Gasteiger partial charge in [-0.15, -0.1) is 0 Å². The quantitative estimate of drug-likeness (QED) is 0.674. The van der Waals surface area contributed by atoms with E-state index in [0.29, 0.717) is 12.1 Å². The van der Waals surface area contributed by atoms with Crippen LogP contribution in [0.2, 0.25) is 0 Å². The van der Waals surface area contributed by atoms with Gasteiger partial charge >= 0.3 is 11.1 Å². The number of benzene rings is 1. The summed E-state index contributed by atoms with van der Waals surface area (Å²) >= 11 is 4.79. The van der Waals surface area contributed by atoms with Crippen LogP contribution in [0.4, 0.5) is 17.6 Å². The van der Waals surface area contributed by atoms with E-state index < -0.39 is 45.2 Å². The summed E-state index contributed by atoms with van der Waals surface area (Å²) < 4.78 is 54.1. The number of nitrogens with one attached hydrogen (secondary N) is 1. The van der Waals surface area contributed by atoms with Gasteiger partial charge in [0, 0.05) is 12.1 Å².